The number of benzene rings is 1. The van der Waals surface area contributed by atoms with Gasteiger partial charge in [0.05, 0.1) is 12.6 Å². The van der Waals surface area contributed by atoms with Crippen LogP contribution in [0.3, 0.4) is 0 Å². The monoisotopic (exact) mass is 250 g/mol. The molecule has 1 amide bonds. The first-order valence-corrected chi connectivity index (χ1v) is 6.29. The predicted molar refractivity (Wildman–Crippen MR) is 72.7 cm³/mol. The van der Waals surface area contributed by atoms with Crippen molar-refractivity contribution in [1.82, 2.24) is 10.6 Å². The molecule has 0 bridgehead atoms. The number of hydrogen-bond donors (Lipinski definition) is 2. The van der Waals surface area contributed by atoms with E-state index in [0.29, 0.717) is 6.61 Å². The molecular weight excluding hydrogens is 228 g/mol. The molecule has 0 aliphatic carbocycles. The molecule has 2 N–H and O–H groups in total. The standard InChI is InChI=1S/C14H22N2O2/c1-5-18-13-9-7-6-8-12(13)10(2)16-11(3)14(17)15-4/h6-11,16H,5H2,1-4H3,(H,15,17). The summed E-state index contributed by atoms with van der Waals surface area (Å²) in [6, 6.07) is 7.70. The number of carbonyl (C=O) groups is 1. The molecule has 0 saturated heterocycles. The SMILES string of the molecule is CCOc1ccccc1C(C)NC(C)C(=O)NC. The fraction of sp³-hybridized carbons (Fsp3) is 0.500. The van der Waals surface area contributed by atoms with E-state index in [1.165, 1.54) is 0 Å². The van der Waals surface area contributed by atoms with Gasteiger partial charge in [-0.25, -0.2) is 0 Å². The summed E-state index contributed by atoms with van der Waals surface area (Å²) in [6.45, 7) is 6.46. The van der Waals surface area contributed by atoms with Crippen LogP contribution in [0.5, 0.6) is 5.75 Å². The Balaban J connectivity index is 2.77. The molecule has 0 fully saturated rings. The average Bonchev–Trinajstić information content (AvgIpc) is 2.38. The summed E-state index contributed by atoms with van der Waals surface area (Å²) in [5, 5.41) is 5.88. The van der Waals surface area contributed by atoms with Gasteiger partial charge in [-0.1, -0.05) is 18.2 Å². The summed E-state index contributed by atoms with van der Waals surface area (Å²) in [6.07, 6.45) is 0. The van der Waals surface area contributed by atoms with Crippen molar-refractivity contribution < 1.29 is 9.53 Å². The maximum absolute atomic E-state index is 11.5. The Labute approximate surface area is 109 Å². The second-order valence-corrected chi connectivity index (χ2v) is 4.20. The molecule has 0 aliphatic heterocycles. The van der Waals surface area contributed by atoms with E-state index in [9.17, 15) is 4.79 Å². The number of carbonyl (C=O) groups excluding carboxylic acids is 1. The Kier molecular flexibility index (Phi) is 5.65. The highest BCUT2D eigenvalue weighted by Crippen LogP contribution is 2.25. The molecule has 0 aromatic heterocycles. The van der Waals surface area contributed by atoms with E-state index in [-0.39, 0.29) is 18.0 Å². The van der Waals surface area contributed by atoms with Crippen LogP contribution in [0.1, 0.15) is 32.4 Å². The zero-order valence-corrected chi connectivity index (χ0v) is 11.5. The second-order valence-electron chi connectivity index (χ2n) is 4.20. The quantitative estimate of drug-likeness (QED) is 0.810. The number of ether oxygens (including phenoxy) is 1. The molecule has 1 aromatic carbocycles. The molecule has 1 aromatic rings. The average molecular weight is 250 g/mol. The van der Waals surface area contributed by atoms with Gasteiger partial charge in [0.2, 0.25) is 5.91 Å². The third-order valence-corrected chi connectivity index (χ3v) is 2.83. The molecule has 100 valence electrons. The topological polar surface area (TPSA) is 50.4 Å². The van der Waals surface area contributed by atoms with Gasteiger partial charge in [0.1, 0.15) is 5.75 Å². The Morgan fingerprint density at radius 1 is 1.33 bits per heavy atom. The van der Waals surface area contributed by atoms with E-state index in [0.717, 1.165) is 11.3 Å². The highest BCUT2D eigenvalue weighted by Gasteiger charge is 2.17. The van der Waals surface area contributed by atoms with Gasteiger partial charge in [-0.15, -0.1) is 0 Å². The van der Waals surface area contributed by atoms with Gasteiger partial charge in [0.25, 0.3) is 0 Å². The number of nitrogens with one attached hydrogen (secondary N) is 2. The molecule has 18 heavy (non-hydrogen) atoms. The largest absolute Gasteiger partial charge is 0.494 e. The molecule has 0 spiro atoms. The highest BCUT2D eigenvalue weighted by atomic mass is 16.5. The zero-order valence-electron chi connectivity index (χ0n) is 11.5. The maximum Gasteiger partial charge on any atom is 0.236 e. The van der Waals surface area contributed by atoms with Crippen LogP contribution in [0.4, 0.5) is 0 Å². The molecule has 2 atom stereocenters. The number of amides is 1. The van der Waals surface area contributed by atoms with Gasteiger partial charge in [-0.2, -0.15) is 0 Å². The van der Waals surface area contributed by atoms with Crippen LogP contribution in [0, 0.1) is 0 Å². The van der Waals surface area contributed by atoms with Gasteiger partial charge in [-0.3, -0.25) is 10.1 Å². The zero-order chi connectivity index (χ0) is 13.5. The van der Waals surface area contributed by atoms with Gasteiger partial charge < -0.3 is 10.1 Å². The van der Waals surface area contributed by atoms with Crippen LogP contribution in [0.25, 0.3) is 0 Å². The minimum atomic E-state index is -0.236. The molecule has 0 saturated carbocycles. The summed E-state index contributed by atoms with van der Waals surface area (Å²) < 4.78 is 5.59. The lowest BCUT2D eigenvalue weighted by Gasteiger charge is -2.21. The molecule has 0 radical (unpaired) electrons. The fourth-order valence-corrected chi connectivity index (χ4v) is 1.88. The van der Waals surface area contributed by atoms with Crippen LogP contribution in [0.15, 0.2) is 24.3 Å². The van der Waals surface area contributed by atoms with E-state index >= 15 is 0 Å². The van der Waals surface area contributed by atoms with E-state index in [2.05, 4.69) is 10.6 Å². The summed E-state index contributed by atoms with van der Waals surface area (Å²) >= 11 is 0. The lowest BCUT2D eigenvalue weighted by molar-refractivity contribution is -0.122. The normalized spacial score (nSPS) is 13.8. The lowest BCUT2D eigenvalue weighted by Crippen LogP contribution is -2.41. The maximum atomic E-state index is 11.5. The Morgan fingerprint density at radius 2 is 2.00 bits per heavy atom. The molecule has 4 heteroatoms. The molecular formula is C14H22N2O2. The third-order valence-electron chi connectivity index (χ3n) is 2.83. The van der Waals surface area contributed by atoms with Crippen molar-refractivity contribution in [3.8, 4) is 5.75 Å². The van der Waals surface area contributed by atoms with E-state index < -0.39 is 0 Å². The van der Waals surface area contributed by atoms with Crippen LogP contribution < -0.4 is 15.4 Å². The number of para-hydroxylation sites is 1. The number of likely N-dealkylation sites (N-methyl/N-ethyl adjacent to an activating group) is 1. The smallest absolute Gasteiger partial charge is 0.236 e. The van der Waals surface area contributed by atoms with Gasteiger partial charge >= 0.3 is 0 Å². The fourth-order valence-electron chi connectivity index (χ4n) is 1.88. The van der Waals surface area contributed by atoms with Crippen LogP contribution in [-0.2, 0) is 4.79 Å². The summed E-state index contributed by atoms with van der Waals surface area (Å²) in [5.74, 6) is 0.847. The molecule has 4 nitrogen and oxygen atoms in total. The van der Waals surface area contributed by atoms with Gasteiger partial charge in [0.15, 0.2) is 0 Å². The van der Waals surface area contributed by atoms with E-state index in [1.807, 2.05) is 45.0 Å². The number of rotatable bonds is 6. The van der Waals surface area contributed by atoms with Crippen molar-refractivity contribution in [1.29, 1.82) is 0 Å². The summed E-state index contributed by atoms with van der Waals surface area (Å²) in [4.78, 5) is 11.5. The minimum Gasteiger partial charge on any atom is -0.494 e. The van der Waals surface area contributed by atoms with Crippen molar-refractivity contribution in [3.63, 3.8) is 0 Å². The van der Waals surface area contributed by atoms with Crippen molar-refractivity contribution in [2.45, 2.75) is 32.9 Å². The van der Waals surface area contributed by atoms with Crippen molar-refractivity contribution in [3.05, 3.63) is 29.8 Å². The first-order valence-electron chi connectivity index (χ1n) is 6.29. The van der Waals surface area contributed by atoms with E-state index in [4.69, 9.17) is 4.74 Å². The first-order chi connectivity index (χ1) is 8.60. The summed E-state index contributed by atoms with van der Waals surface area (Å²) in [7, 11) is 1.64. The van der Waals surface area contributed by atoms with Gasteiger partial charge in [0, 0.05) is 18.7 Å². The predicted octanol–water partition coefficient (Wildman–Crippen LogP) is 1.87. The first kappa shape index (κ1) is 14.5. The Hall–Kier alpha value is -1.55. The molecule has 2 unspecified atom stereocenters. The lowest BCUT2D eigenvalue weighted by atomic mass is 10.1. The molecule has 1 rings (SSSR count). The molecule has 0 heterocycles. The van der Waals surface area contributed by atoms with Crippen LogP contribution in [-0.4, -0.2) is 25.6 Å². The highest BCUT2D eigenvalue weighted by molar-refractivity contribution is 5.81. The minimum absolute atomic E-state index is 0.0178. The van der Waals surface area contributed by atoms with Gasteiger partial charge in [-0.05, 0) is 26.8 Å². The Morgan fingerprint density at radius 3 is 2.61 bits per heavy atom. The van der Waals surface area contributed by atoms with Crippen molar-refractivity contribution in [2.75, 3.05) is 13.7 Å². The Bertz CT molecular complexity index is 393. The van der Waals surface area contributed by atoms with Crippen LogP contribution in [0.2, 0.25) is 0 Å². The molecule has 0 aliphatic rings. The second kappa shape index (κ2) is 7.01. The number of hydrogen-bond acceptors (Lipinski definition) is 3. The third kappa shape index (κ3) is 3.74. The summed E-state index contributed by atoms with van der Waals surface area (Å²) in [5.41, 5.74) is 1.06. The van der Waals surface area contributed by atoms with Crippen molar-refractivity contribution in [2.24, 2.45) is 0 Å². The van der Waals surface area contributed by atoms with E-state index in [1.54, 1.807) is 7.05 Å². The van der Waals surface area contributed by atoms with Crippen LogP contribution >= 0.6 is 0 Å². The van der Waals surface area contributed by atoms with Crippen molar-refractivity contribution >= 4 is 5.91 Å².